The third-order valence-electron chi connectivity index (χ3n) is 6.52. The average molecular weight is 339 g/mol. The second kappa shape index (κ2) is 5.13. The van der Waals surface area contributed by atoms with Crippen LogP contribution in [-0.4, -0.2) is 23.3 Å². The SMILES string of the molecule is CC(C)C12CCC(c3ccc(OC(F)(F)F)cc3)N1CC1(CC1)C2. The van der Waals surface area contributed by atoms with E-state index >= 15 is 0 Å². The van der Waals surface area contributed by atoms with Crippen LogP contribution in [0.3, 0.4) is 0 Å². The highest BCUT2D eigenvalue weighted by Crippen LogP contribution is 2.65. The van der Waals surface area contributed by atoms with Crippen LogP contribution >= 0.6 is 0 Å². The van der Waals surface area contributed by atoms with E-state index in [1.54, 1.807) is 12.1 Å². The van der Waals surface area contributed by atoms with E-state index in [2.05, 4.69) is 23.5 Å². The van der Waals surface area contributed by atoms with Crippen molar-refractivity contribution in [2.45, 2.75) is 63.9 Å². The number of halogens is 3. The molecule has 0 N–H and O–H groups in total. The van der Waals surface area contributed by atoms with Gasteiger partial charge in [0.2, 0.25) is 0 Å². The number of ether oxygens (including phenoxy) is 1. The molecule has 2 heterocycles. The molecule has 132 valence electrons. The fraction of sp³-hybridized carbons (Fsp3) is 0.684. The van der Waals surface area contributed by atoms with E-state index in [1.165, 1.54) is 37.8 Å². The second-order valence-corrected chi connectivity index (χ2v) is 8.23. The van der Waals surface area contributed by atoms with Crippen molar-refractivity contribution >= 4 is 0 Å². The molecule has 3 fully saturated rings. The monoisotopic (exact) mass is 339 g/mol. The normalized spacial score (nSPS) is 31.7. The van der Waals surface area contributed by atoms with Crippen LogP contribution in [0, 0.1) is 11.3 Å². The standard InChI is InChI=1S/C19H24F3NO/c1-13(2)18-8-7-16(23(18)12-17(11-18)9-10-17)14-3-5-15(6-4-14)24-19(20,21)22/h3-6,13,16H,7-12H2,1-2H3. The van der Waals surface area contributed by atoms with Gasteiger partial charge in [-0.2, -0.15) is 0 Å². The molecule has 2 nitrogen and oxygen atoms in total. The van der Waals surface area contributed by atoms with Gasteiger partial charge in [-0.15, -0.1) is 13.2 Å². The van der Waals surface area contributed by atoms with Gasteiger partial charge in [0.1, 0.15) is 5.75 Å². The zero-order valence-electron chi connectivity index (χ0n) is 14.2. The summed E-state index contributed by atoms with van der Waals surface area (Å²) in [6, 6.07) is 6.83. The number of rotatable bonds is 3. The van der Waals surface area contributed by atoms with Crippen LogP contribution < -0.4 is 4.74 Å². The summed E-state index contributed by atoms with van der Waals surface area (Å²) in [5, 5.41) is 0. The van der Waals surface area contributed by atoms with Crippen LogP contribution in [0.1, 0.15) is 57.6 Å². The fourth-order valence-corrected chi connectivity index (χ4v) is 5.10. The Balaban J connectivity index is 1.57. The van der Waals surface area contributed by atoms with Crippen molar-refractivity contribution in [3.05, 3.63) is 29.8 Å². The second-order valence-electron chi connectivity index (χ2n) is 8.23. The Kier molecular flexibility index (Phi) is 3.48. The molecule has 2 atom stereocenters. The maximum absolute atomic E-state index is 12.3. The van der Waals surface area contributed by atoms with Crippen molar-refractivity contribution in [1.29, 1.82) is 0 Å². The molecule has 4 rings (SSSR count). The van der Waals surface area contributed by atoms with Crippen LogP contribution in [0.25, 0.3) is 0 Å². The van der Waals surface area contributed by atoms with E-state index in [-0.39, 0.29) is 11.3 Å². The first-order valence-electron chi connectivity index (χ1n) is 8.86. The van der Waals surface area contributed by atoms with Crippen LogP contribution in [0.4, 0.5) is 13.2 Å². The van der Waals surface area contributed by atoms with Crippen molar-refractivity contribution in [3.63, 3.8) is 0 Å². The molecular formula is C19H24F3NO. The quantitative estimate of drug-likeness (QED) is 0.741. The van der Waals surface area contributed by atoms with Gasteiger partial charge in [0.25, 0.3) is 0 Å². The largest absolute Gasteiger partial charge is 0.573 e. The first-order chi connectivity index (χ1) is 11.2. The van der Waals surface area contributed by atoms with E-state index < -0.39 is 6.36 Å². The summed E-state index contributed by atoms with van der Waals surface area (Å²) in [4.78, 5) is 2.67. The van der Waals surface area contributed by atoms with Gasteiger partial charge in [-0.25, -0.2) is 0 Å². The Morgan fingerprint density at radius 3 is 2.33 bits per heavy atom. The van der Waals surface area contributed by atoms with Gasteiger partial charge in [-0.1, -0.05) is 26.0 Å². The number of hydrogen-bond donors (Lipinski definition) is 0. The molecule has 2 saturated heterocycles. The minimum Gasteiger partial charge on any atom is -0.406 e. The first-order valence-corrected chi connectivity index (χ1v) is 8.86. The summed E-state index contributed by atoms with van der Waals surface area (Å²) in [6.45, 7) is 5.78. The van der Waals surface area contributed by atoms with Crippen molar-refractivity contribution < 1.29 is 17.9 Å². The highest BCUT2D eigenvalue weighted by Gasteiger charge is 2.63. The summed E-state index contributed by atoms with van der Waals surface area (Å²) in [5.41, 5.74) is 1.93. The van der Waals surface area contributed by atoms with Crippen molar-refractivity contribution in [3.8, 4) is 5.75 Å². The molecule has 1 aromatic carbocycles. The lowest BCUT2D eigenvalue weighted by Gasteiger charge is -2.38. The molecule has 2 aliphatic heterocycles. The lowest BCUT2D eigenvalue weighted by Crippen LogP contribution is -2.43. The predicted octanol–water partition coefficient (Wildman–Crippen LogP) is 5.30. The molecule has 1 saturated carbocycles. The third kappa shape index (κ3) is 2.61. The third-order valence-corrected chi connectivity index (χ3v) is 6.52. The van der Waals surface area contributed by atoms with E-state index in [0.717, 1.165) is 18.5 Å². The Bertz CT molecular complexity index is 620. The number of fused-ring (bicyclic) bond motifs is 1. The number of benzene rings is 1. The summed E-state index contributed by atoms with van der Waals surface area (Å²) in [7, 11) is 0. The number of hydrogen-bond acceptors (Lipinski definition) is 2. The number of alkyl halides is 3. The molecule has 0 aromatic heterocycles. The highest BCUT2D eigenvalue weighted by atomic mass is 19.4. The minimum absolute atomic E-state index is 0.139. The molecule has 1 aliphatic carbocycles. The molecule has 5 heteroatoms. The van der Waals surface area contributed by atoms with Crippen LogP contribution in [-0.2, 0) is 0 Å². The van der Waals surface area contributed by atoms with Crippen molar-refractivity contribution in [1.82, 2.24) is 4.90 Å². The van der Waals surface area contributed by atoms with Gasteiger partial charge in [0.05, 0.1) is 0 Å². The molecule has 0 bridgehead atoms. The van der Waals surface area contributed by atoms with Gasteiger partial charge in [-0.3, -0.25) is 4.90 Å². The summed E-state index contributed by atoms with van der Waals surface area (Å²) >= 11 is 0. The van der Waals surface area contributed by atoms with Gasteiger partial charge in [0, 0.05) is 18.1 Å². The van der Waals surface area contributed by atoms with Crippen LogP contribution in [0.5, 0.6) is 5.75 Å². The molecule has 2 unspecified atom stereocenters. The van der Waals surface area contributed by atoms with E-state index in [0.29, 0.717) is 17.4 Å². The molecule has 1 aromatic rings. The fourth-order valence-electron chi connectivity index (χ4n) is 5.10. The Morgan fingerprint density at radius 2 is 1.79 bits per heavy atom. The van der Waals surface area contributed by atoms with Crippen LogP contribution in [0.15, 0.2) is 24.3 Å². The lowest BCUT2D eigenvalue weighted by molar-refractivity contribution is -0.274. The zero-order chi connectivity index (χ0) is 17.2. The topological polar surface area (TPSA) is 12.5 Å². The van der Waals surface area contributed by atoms with E-state index in [9.17, 15) is 13.2 Å². The van der Waals surface area contributed by atoms with Crippen molar-refractivity contribution in [2.75, 3.05) is 6.54 Å². The van der Waals surface area contributed by atoms with Gasteiger partial charge in [-0.05, 0) is 61.1 Å². The predicted molar refractivity (Wildman–Crippen MR) is 85.7 cm³/mol. The summed E-state index contributed by atoms with van der Waals surface area (Å²) in [6.07, 6.45) is 1.62. The molecule has 1 spiro atoms. The smallest absolute Gasteiger partial charge is 0.406 e. The zero-order valence-corrected chi connectivity index (χ0v) is 14.2. The van der Waals surface area contributed by atoms with E-state index in [4.69, 9.17) is 0 Å². The maximum atomic E-state index is 12.3. The van der Waals surface area contributed by atoms with Crippen molar-refractivity contribution in [2.24, 2.45) is 11.3 Å². The van der Waals surface area contributed by atoms with Gasteiger partial charge < -0.3 is 4.74 Å². The maximum Gasteiger partial charge on any atom is 0.573 e. The molecular weight excluding hydrogens is 315 g/mol. The van der Waals surface area contributed by atoms with E-state index in [1.807, 2.05) is 0 Å². The Labute approximate surface area is 141 Å². The van der Waals surface area contributed by atoms with Crippen LogP contribution in [0.2, 0.25) is 0 Å². The summed E-state index contributed by atoms with van der Waals surface area (Å²) in [5.74, 6) is 0.467. The summed E-state index contributed by atoms with van der Waals surface area (Å²) < 4.78 is 41.0. The molecule has 3 aliphatic rings. The lowest BCUT2D eigenvalue weighted by atomic mass is 9.79. The molecule has 0 radical (unpaired) electrons. The molecule has 24 heavy (non-hydrogen) atoms. The highest BCUT2D eigenvalue weighted by molar-refractivity contribution is 5.32. The molecule has 0 amide bonds. The first kappa shape index (κ1) is 16.2. The Morgan fingerprint density at radius 1 is 1.12 bits per heavy atom. The van der Waals surface area contributed by atoms with Gasteiger partial charge in [0.15, 0.2) is 0 Å². The average Bonchev–Trinajstić information content (AvgIpc) is 3.00. The van der Waals surface area contributed by atoms with Gasteiger partial charge >= 0.3 is 6.36 Å². The minimum atomic E-state index is -4.63. The number of nitrogens with zero attached hydrogens (tertiary/aromatic N) is 1. The Hall–Kier alpha value is -1.23.